The Kier molecular flexibility index (Phi) is 5.61. The molecule has 10 aromatic rings. The number of hydrogen-bond donors (Lipinski definition) is 0. The maximum atomic E-state index is 5.17. The summed E-state index contributed by atoms with van der Waals surface area (Å²) in [5.74, 6) is 0. The van der Waals surface area contributed by atoms with E-state index in [9.17, 15) is 0 Å². The Morgan fingerprint density at radius 1 is 0.319 bits per heavy atom. The first kappa shape index (κ1) is 26.0. The zero-order chi connectivity index (χ0) is 30.9. The van der Waals surface area contributed by atoms with Gasteiger partial charge in [-0.05, 0) is 90.6 Å². The van der Waals surface area contributed by atoms with Gasteiger partial charge in [0, 0.05) is 10.8 Å². The molecule has 0 aliphatic heterocycles. The highest BCUT2D eigenvalue weighted by atomic mass is 15.0. The van der Waals surface area contributed by atoms with Crippen molar-refractivity contribution in [2.45, 2.75) is 0 Å². The largest absolute Gasteiger partial charge is 0.292 e. The molecule has 0 aliphatic carbocycles. The van der Waals surface area contributed by atoms with Gasteiger partial charge in [0.2, 0.25) is 0 Å². The van der Waals surface area contributed by atoms with Crippen LogP contribution in [-0.4, -0.2) is 9.38 Å². The maximum absolute atomic E-state index is 5.17. The molecule has 218 valence electrons. The molecule has 0 amide bonds. The summed E-state index contributed by atoms with van der Waals surface area (Å²) in [6, 6.07) is 61.5. The van der Waals surface area contributed by atoms with Crippen LogP contribution in [-0.2, 0) is 0 Å². The molecule has 0 fully saturated rings. The predicted octanol–water partition coefficient (Wildman–Crippen LogP) is 12.1. The Bertz CT molecular complexity index is 2830. The van der Waals surface area contributed by atoms with E-state index < -0.39 is 0 Å². The summed E-state index contributed by atoms with van der Waals surface area (Å²) in [5.41, 5.74) is 11.7. The van der Waals surface area contributed by atoms with Crippen molar-refractivity contribution in [3.8, 4) is 33.4 Å². The van der Waals surface area contributed by atoms with Crippen LogP contribution in [0, 0.1) is 0 Å². The Morgan fingerprint density at radius 2 is 0.809 bits per heavy atom. The van der Waals surface area contributed by atoms with E-state index in [1.165, 1.54) is 71.2 Å². The molecule has 2 nitrogen and oxygen atoms in total. The lowest BCUT2D eigenvalue weighted by atomic mass is 9.85. The Labute approximate surface area is 271 Å². The first-order valence-corrected chi connectivity index (χ1v) is 16.1. The second-order valence-corrected chi connectivity index (χ2v) is 12.3. The highest BCUT2D eigenvalue weighted by Gasteiger charge is 2.18. The fraction of sp³-hybridized carbons (Fsp3) is 0. The molecule has 0 saturated heterocycles. The number of nitrogens with zero attached hydrogens (tertiary/aromatic N) is 2. The quantitative estimate of drug-likeness (QED) is 0.146. The van der Waals surface area contributed by atoms with Crippen LogP contribution in [0.5, 0.6) is 0 Å². The monoisotopic (exact) mass is 596 g/mol. The van der Waals surface area contributed by atoms with Crippen molar-refractivity contribution in [3.63, 3.8) is 0 Å². The van der Waals surface area contributed by atoms with E-state index in [0.29, 0.717) is 0 Å². The van der Waals surface area contributed by atoms with Crippen LogP contribution >= 0.6 is 0 Å². The third kappa shape index (κ3) is 3.89. The lowest BCUT2D eigenvalue weighted by molar-refractivity contribution is 1.31. The smallest absolute Gasteiger partial charge is 0.146 e. The summed E-state index contributed by atoms with van der Waals surface area (Å²) in [6.07, 6.45) is 0. The molecule has 0 radical (unpaired) electrons. The summed E-state index contributed by atoms with van der Waals surface area (Å²) >= 11 is 0. The van der Waals surface area contributed by atoms with Gasteiger partial charge in [0.1, 0.15) is 5.65 Å². The molecule has 0 spiro atoms. The van der Waals surface area contributed by atoms with Gasteiger partial charge < -0.3 is 0 Å². The SMILES string of the molecule is c1ccc(-c2c3ccccc3c(-c3ccccc3)c3cc(-c4ccc5c6ccccc6n6c7ccccc7nc6c5c4)ccc23)cc1. The minimum atomic E-state index is 0.991. The van der Waals surface area contributed by atoms with Crippen LogP contribution < -0.4 is 0 Å². The molecule has 2 aromatic heterocycles. The first-order chi connectivity index (χ1) is 23.3. The number of imidazole rings is 1. The molecular weight excluding hydrogens is 569 g/mol. The van der Waals surface area contributed by atoms with E-state index in [1.807, 2.05) is 0 Å². The van der Waals surface area contributed by atoms with Crippen LogP contribution in [0.25, 0.3) is 93.3 Å². The summed E-state index contributed by atoms with van der Waals surface area (Å²) < 4.78 is 2.32. The van der Waals surface area contributed by atoms with Crippen molar-refractivity contribution in [2.75, 3.05) is 0 Å². The number of aromatic nitrogens is 2. The molecule has 0 saturated carbocycles. The van der Waals surface area contributed by atoms with Gasteiger partial charge in [0.15, 0.2) is 0 Å². The number of hydrogen-bond acceptors (Lipinski definition) is 1. The molecule has 0 N–H and O–H groups in total. The second kappa shape index (κ2) is 10.1. The van der Waals surface area contributed by atoms with Gasteiger partial charge in [0.05, 0.1) is 16.6 Å². The number of para-hydroxylation sites is 3. The second-order valence-electron chi connectivity index (χ2n) is 12.3. The number of benzene rings is 8. The maximum Gasteiger partial charge on any atom is 0.146 e. The zero-order valence-electron chi connectivity index (χ0n) is 25.6. The fourth-order valence-electron chi connectivity index (χ4n) is 7.68. The van der Waals surface area contributed by atoms with Gasteiger partial charge in [-0.1, -0.05) is 140 Å². The van der Waals surface area contributed by atoms with E-state index >= 15 is 0 Å². The molecule has 0 atom stereocenters. The van der Waals surface area contributed by atoms with Gasteiger partial charge in [-0.25, -0.2) is 4.98 Å². The Balaban J connectivity index is 1.30. The highest BCUT2D eigenvalue weighted by molar-refractivity contribution is 6.22. The van der Waals surface area contributed by atoms with Crippen LogP contribution in [0.4, 0.5) is 0 Å². The molecule has 0 bridgehead atoms. The van der Waals surface area contributed by atoms with Crippen LogP contribution in [0.15, 0.2) is 170 Å². The average molecular weight is 597 g/mol. The van der Waals surface area contributed by atoms with E-state index in [4.69, 9.17) is 4.98 Å². The summed E-state index contributed by atoms with van der Waals surface area (Å²) in [4.78, 5) is 5.17. The highest BCUT2D eigenvalue weighted by Crippen LogP contribution is 2.45. The standard InChI is InChI=1S/C45H28N2/c1-3-13-29(14-4-1)43-35-18-7-8-19-36(35)44(30-15-5-2-6-16-30)38-27-31(24-26-37(38)43)32-23-25-33-34-17-9-11-21-41(34)47-42-22-12-10-20-40(42)46-45(47)39(33)28-32/h1-28H. The molecule has 8 aromatic carbocycles. The Hall–Kier alpha value is -6.25. The summed E-state index contributed by atoms with van der Waals surface area (Å²) in [5, 5.41) is 8.64. The van der Waals surface area contributed by atoms with Crippen LogP contribution in [0.1, 0.15) is 0 Å². The van der Waals surface area contributed by atoms with Gasteiger partial charge in [-0.15, -0.1) is 0 Å². The van der Waals surface area contributed by atoms with Crippen molar-refractivity contribution in [2.24, 2.45) is 0 Å². The third-order valence-corrected chi connectivity index (χ3v) is 9.74. The van der Waals surface area contributed by atoms with E-state index in [-0.39, 0.29) is 0 Å². The normalized spacial score (nSPS) is 11.8. The average Bonchev–Trinajstić information content (AvgIpc) is 3.54. The molecule has 47 heavy (non-hydrogen) atoms. The van der Waals surface area contributed by atoms with Gasteiger partial charge in [-0.3, -0.25) is 4.40 Å². The lowest BCUT2D eigenvalue weighted by Gasteiger charge is -2.19. The molecule has 10 rings (SSSR count). The van der Waals surface area contributed by atoms with Crippen LogP contribution in [0.3, 0.4) is 0 Å². The lowest BCUT2D eigenvalue weighted by Crippen LogP contribution is -1.93. The topological polar surface area (TPSA) is 17.3 Å². The van der Waals surface area contributed by atoms with E-state index in [0.717, 1.165) is 22.1 Å². The van der Waals surface area contributed by atoms with Crippen molar-refractivity contribution < 1.29 is 0 Å². The number of pyridine rings is 1. The van der Waals surface area contributed by atoms with Crippen molar-refractivity contribution in [1.29, 1.82) is 0 Å². The molecule has 0 aliphatic rings. The third-order valence-electron chi connectivity index (χ3n) is 9.74. The first-order valence-electron chi connectivity index (χ1n) is 16.1. The van der Waals surface area contributed by atoms with Gasteiger partial charge in [-0.2, -0.15) is 0 Å². The van der Waals surface area contributed by atoms with Crippen LogP contribution in [0.2, 0.25) is 0 Å². The van der Waals surface area contributed by atoms with Gasteiger partial charge >= 0.3 is 0 Å². The minimum Gasteiger partial charge on any atom is -0.292 e. The number of rotatable bonds is 3. The molecular formula is C45H28N2. The molecule has 2 heteroatoms. The zero-order valence-corrected chi connectivity index (χ0v) is 25.6. The summed E-state index contributed by atoms with van der Waals surface area (Å²) in [6.45, 7) is 0. The van der Waals surface area contributed by atoms with Crippen molar-refractivity contribution in [3.05, 3.63) is 170 Å². The number of fused-ring (bicyclic) bond motifs is 10. The van der Waals surface area contributed by atoms with Crippen molar-refractivity contribution in [1.82, 2.24) is 9.38 Å². The minimum absolute atomic E-state index is 0.991. The van der Waals surface area contributed by atoms with Crippen molar-refractivity contribution >= 4 is 59.9 Å². The predicted molar refractivity (Wildman–Crippen MR) is 199 cm³/mol. The van der Waals surface area contributed by atoms with Gasteiger partial charge in [0.25, 0.3) is 0 Å². The van der Waals surface area contributed by atoms with E-state index in [2.05, 4.69) is 174 Å². The summed E-state index contributed by atoms with van der Waals surface area (Å²) in [7, 11) is 0. The Morgan fingerprint density at radius 3 is 1.49 bits per heavy atom. The molecule has 0 unspecified atom stereocenters. The van der Waals surface area contributed by atoms with E-state index in [1.54, 1.807) is 0 Å². The fourth-order valence-corrected chi connectivity index (χ4v) is 7.68. The molecule has 2 heterocycles.